The van der Waals surface area contributed by atoms with E-state index in [1.54, 1.807) is 24.1 Å². The van der Waals surface area contributed by atoms with Crippen molar-refractivity contribution in [3.63, 3.8) is 0 Å². The Kier molecular flexibility index (Phi) is 4.58. The van der Waals surface area contributed by atoms with Crippen molar-refractivity contribution in [2.24, 2.45) is 0 Å². The van der Waals surface area contributed by atoms with E-state index in [4.69, 9.17) is 5.10 Å². The molecule has 0 bridgehead atoms. The molecule has 0 saturated carbocycles. The highest BCUT2D eigenvalue weighted by Crippen LogP contribution is 2.38. The first kappa shape index (κ1) is 19.1. The number of hydrogen-bond donors (Lipinski definition) is 1. The van der Waals surface area contributed by atoms with Crippen molar-refractivity contribution in [3.8, 4) is 11.5 Å². The summed E-state index contributed by atoms with van der Waals surface area (Å²) >= 11 is 0. The Balaban J connectivity index is 1.77. The van der Waals surface area contributed by atoms with Crippen LogP contribution in [0.1, 0.15) is 28.6 Å². The molecule has 31 heavy (non-hydrogen) atoms. The van der Waals surface area contributed by atoms with E-state index in [1.807, 2.05) is 60.3 Å². The molecule has 7 heteroatoms. The molecule has 1 atom stereocenters. The summed E-state index contributed by atoms with van der Waals surface area (Å²) in [5.41, 5.74) is 4.51. The van der Waals surface area contributed by atoms with E-state index in [2.05, 4.69) is 9.88 Å². The largest absolute Gasteiger partial charge is 0.341 e. The van der Waals surface area contributed by atoms with Gasteiger partial charge in [0.2, 0.25) is 0 Å². The summed E-state index contributed by atoms with van der Waals surface area (Å²) in [6.07, 6.45) is 1.98. The first-order chi connectivity index (χ1) is 15.1. The fourth-order valence-corrected chi connectivity index (χ4v) is 4.29. The molecular formula is C24H22FN5O. The number of aromatic nitrogens is 3. The zero-order valence-corrected chi connectivity index (χ0v) is 17.3. The Bertz CT molecular complexity index is 1240. The van der Waals surface area contributed by atoms with E-state index in [1.165, 1.54) is 12.1 Å². The lowest BCUT2D eigenvalue weighted by Gasteiger charge is -2.30. The zero-order valence-electron chi connectivity index (χ0n) is 17.3. The molecule has 1 unspecified atom stereocenters. The highest BCUT2D eigenvalue weighted by Gasteiger charge is 2.35. The van der Waals surface area contributed by atoms with Gasteiger partial charge in [-0.05, 0) is 48.9 Å². The molecule has 4 aromatic rings. The third-order valence-corrected chi connectivity index (χ3v) is 5.75. The van der Waals surface area contributed by atoms with Gasteiger partial charge in [-0.2, -0.15) is 5.10 Å². The maximum absolute atomic E-state index is 13.6. The van der Waals surface area contributed by atoms with Crippen molar-refractivity contribution < 1.29 is 9.18 Å². The number of nitrogens with zero attached hydrogens (tertiary/aromatic N) is 4. The SMILES string of the molecule is CNC(=O)N1Cc2c(C)nn(-c3ccccc3)c2-n2cccc2C1c1ccc(F)cc1. The van der Waals surface area contributed by atoms with Crippen molar-refractivity contribution in [1.29, 1.82) is 0 Å². The molecule has 0 fully saturated rings. The molecule has 5 rings (SSSR count). The highest BCUT2D eigenvalue weighted by molar-refractivity contribution is 5.75. The number of para-hydroxylation sites is 1. The Morgan fingerprint density at radius 1 is 1.06 bits per heavy atom. The van der Waals surface area contributed by atoms with E-state index >= 15 is 0 Å². The average Bonchev–Trinajstić information content (AvgIpc) is 3.35. The highest BCUT2D eigenvalue weighted by atomic mass is 19.1. The number of urea groups is 1. The van der Waals surface area contributed by atoms with Crippen LogP contribution in [-0.2, 0) is 6.54 Å². The number of rotatable bonds is 2. The molecule has 2 amide bonds. The first-order valence-corrected chi connectivity index (χ1v) is 10.1. The van der Waals surface area contributed by atoms with Crippen LogP contribution in [0.5, 0.6) is 0 Å². The summed E-state index contributed by atoms with van der Waals surface area (Å²) in [7, 11) is 1.62. The van der Waals surface area contributed by atoms with Crippen molar-refractivity contribution in [2.75, 3.05) is 7.05 Å². The number of benzene rings is 2. The predicted octanol–water partition coefficient (Wildman–Crippen LogP) is 4.35. The molecule has 1 aliphatic heterocycles. The number of amides is 2. The van der Waals surface area contributed by atoms with E-state index < -0.39 is 0 Å². The molecular weight excluding hydrogens is 393 g/mol. The van der Waals surface area contributed by atoms with Crippen LogP contribution in [0.15, 0.2) is 72.9 Å². The number of aryl methyl sites for hydroxylation is 1. The summed E-state index contributed by atoms with van der Waals surface area (Å²) < 4.78 is 17.6. The van der Waals surface area contributed by atoms with E-state index in [0.717, 1.165) is 34.0 Å². The van der Waals surface area contributed by atoms with Gasteiger partial charge in [-0.25, -0.2) is 13.9 Å². The lowest BCUT2D eigenvalue weighted by atomic mass is 10.0. The van der Waals surface area contributed by atoms with Gasteiger partial charge < -0.3 is 14.8 Å². The van der Waals surface area contributed by atoms with Crippen molar-refractivity contribution >= 4 is 6.03 Å². The van der Waals surface area contributed by atoms with E-state index in [9.17, 15) is 9.18 Å². The third-order valence-electron chi connectivity index (χ3n) is 5.75. The minimum absolute atomic E-state index is 0.207. The van der Waals surface area contributed by atoms with E-state index in [-0.39, 0.29) is 17.9 Å². The molecule has 3 heterocycles. The van der Waals surface area contributed by atoms with Crippen LogP contribution in [-0.4, -0.2) is 32.3 Å². The number of carbonyl (C=O) groups is 1. The van der Waals surface area contributed by atoms with Gasteiger partial charge in [-0.1, -0.05) is 30.3 Å². The van der Waals surface area contributed by atoms with Crippen LogP contribution in [0.25, 0.3) is 11.5 Å². The second-order valence-electron chi connectivity index (χ2n) is 7.58. The molecule has 1 N–H and O–H groups in total. The average molecular weight is 415 g/mol. The summed E-state index contributed by atoms with van der Waals surface area (Å²) in [4.78, 5) is 14.8. The number of fused-ring (bicyclic) bond motifs is 3. The number of nitrogens with one attached hydrogen (secondary N) is 1. The van der Waals surface area contributed by atoms with Gasteiger partial charge in [0.1, 0.15) is 11.6 Å². The maximum atomic E-state index is 13.6. The third kappa shape index (κ3) is 3.09. The molecule has 156 valence electrons. The Morgan fingerprint density at radius 3 is 2.52 bits per heavy atom. The quantitative estimate of drug-likeness (QED) is 0.529. The Morgan fingerprint density at radius 2 is 1.81 bits per heavy atom. The van der Waals surface area contributed by atoms with Crippen LogP contribution >= 0.6 is 0 Å². The molecule has 1 aliphatic rings. The van der Waals surface area contributed by atoms with E-state index in [0.29, 0.717) is 6.54 Å². The van der Waals surface area contributed by atoms with Gasteiger partial charge in [0.05, 0.1) is 29.7 Å². The normalized spacial score (nSPS) is 15.2. The predicted molar refractivity (Wildman–Crippen MR) is 116 cm³/mol. The van der Waals surface area contributed by atoms with Gasteiger partial charge >= 0.3 is 6.03 Å². The van der Waals surface area contributed by atoms with Crippen molar-refractivity contribution in [2.45, 2.75) is 19.5 Å². The fourth-order valence-electron chi connectivity index (χ4n) is 4.29. The maximum Gasteiger partial charge on any atom is 0.318 e. The minimum Gasteiger partial charge on any atom is -0.341 e. The van der Waals surface area contributed by atoms with Gasteiger partial charge in [0, 0.05) is 18.8 Å². The molecule has 0 radical (unpaired) electrons. The van der Waals surface area contributed by atoms with Gasteiger partial charge in [-0.3, -0.25) is 0 Å². The van der Waals surface area contributed by atoms with Gasteiger partial charge in [0.25, 0.3) is 0 Å². The minimum atomic E-state index is -0.383. The van der Waals surface area contributed by atoms with Crippen molar-refractivity contribution in [3.05, 3.63) is 101 Å². The molecule has 0 spiro atoms. The second-order valence-corrected chi connectivity index (χ2v) is 7.58. The molecule has 2 aromatic carbocycles. The zero-order chi connectivity index (χ0) is 21.5. The molecule has 0 aliphatic carbocycles. The molecule has 0 saturated heterocycles. The smallest absolute Gasteiger partial charge is 0.318 e. The van der Waals surface area contributed by atoms with Crippen LogP contribution < -0.4 is 5.32 Å². The summed E-state index contributed by atoms with van der Waals surface area (Å²) in [6, 6.07) is 19.6. The van der Waals surface area contributed by atoms with Crippen LogP contribution in [0.3, 0.4) is 0 Å². The fraction of sp³-hybridized carbons (Fsp3) is 0.167. The van der Waals surface area contributed by atoms with Crippen LogP contribution in [0.2, 0.25) is 0 Å². The molecule has 2 aromatic heterocycles. The summed E-state index contributed by atoms with van der Waals surface area (Å²) in [5.74, 6) is 0.598. The second kappa shape index (κ2) is 7.43. The summed E-state index contributed by atoms with van der Waals surface area (Å²) in [6.45, 7) is 2.33. The molecule has 6 nitrogen and oxygen atoms in total. The van der Waals surface area contributed by atoms with Crippen molar-refractivity contribution in [1.82, 2.24) is 24.6 Å². The standard InChI is InChI=1S/C24H22FN5O/c1-16-20-15-29(24(31)26-2)22(17-10-12-18(25)13-11-17)21-9-6-14-28(21)23(20)30(27-16)19-7-4-3-5-8-19/h3-14,22H,15H2,1-2H3,(H,26,31). The Labute approximate surface area is 179 Å². The first-order valence-electron chi connectivity index (χ1n) is 10.1. The van der Waals surface area contributed by atoms with Gasteiger partial charge in [0.15, 0.2) is 0 Å². The number of halogens is 1. The monoisotopic (exact) mass is 415 g/mol. The summed E-state index contributed by atoms with van der Waals surface area (Å²) in [5, 5.41) is 7.56. The Hall–Kier alpha value is -3.87. The number of hydrogen-bond acceptors (Lipinski definition) is 2. The lowest BCUT2D eigenvalue weighted by Crippen LogP contribution is -2.40. The van der Waals surface area contributed by atoms with Crippen LogP contribution in [0, 0.1) is 12.7 Å². The number of carbonyl (C=O) groups excluding carboxylic acids is 1. The lowest BCUT2D eigenvalue weighted by molar-refractivity contribution is 0.182. The van der Waals surface area contributed by atoms with Gasteiger partial charge in [-0.15, -0.1) is 0 Å². The van der Waals surface area contributed by atoms with Crippen LogP contribution in [0.4, 0.5) is 9.18 Å². The topological polar surface area (TPSA) is 55.1 Å².